The Hall–Kier alpha value is -1.80. The first-order valence-electron chi connectivity index (χ1n) is 6.84. The molecule has 7 nitrogen and oxygen atoms in total. The van der Waals surface area contributed by atoms with Crippen LogP contribution in [-0.2, 0) is 6.42 Å². The van der Waals surface area contributed by atoms with Crippen LogP contribution in [0.3, 0.4) is 0 Å². The van der Waals surface area contributed by atoms with Crippen LogP contribution in [0.4, 0.5) is 5.88 Å². The predicted molar refractivity (Wildman–Crippen MR) is 80.3 cm³/mol. The van der Waals surface area contributed by atoms with Gasteiger partial charge in [-0.15, -0.1) is 10.2 Å². The van der Waals surface area contributed by atoms with E-state index >= 15 is 0 Å². The van der Waals surface area contributed by atoms with Gasteiger partial charge in [0.1, 0.15) is 9.93 Å². The lowest BCUT2D eigenvalue weighted by Crippen LogP contribution is -2.21. The summed E-state index contributed by atoms with van der Waals surface area (Å²) in [5.41, 5.74) is 0. The highest BCUT2D eigenvalue weighted by atomic mass is 32.1. The Balaban J connectivity index is 1.84. The summed E-state index contributed by atoms with van der Waals surface area (Å²) >= 11 is 1.41. The van der Waals surface area contributed by atoms with Gasteiger partial charge >= 0.3 is 5.88 Å². The van der Waals surface area contributed by atoms with Crippen LogP contribution in [0.5, 0.6) is 0 Å². The molecular weight excluding hydrogens is 292 g/mol. The number of nitrogens with one attached hydrogen (secondary N) is 1. The quantitative estimate of drug-likeness (QED) is 0.458. The Labute approximate surface area is 126 Å². The molecule has 0 aliphatic heterocycles. The van der Waals surface area contributed by atoms with Crippen molar-refractivity contribution in [1.29, 1.82) is 0 Å². The molecule has 2 aromatic heterocycles. The molecular formula is C13H18N4O3S. The van der Waals surface area contributed by atoms with Crippen molar-refractivity contribution in [3.8, 4) is 10.8 Å². The van der Waals surface area contributed by atoms with E-state index in [1.54, 1.807) is 6.07 Å². The summed E-state index contributed by atoms with van der Waals surface area (Å²) in [4.78, 5) is 10.0. The van der Waals surface area contributed by atoms with Gasteiger partial charge in [-0.25, -0.2) is 0 Å². The molecule has 2 heterocycles. The van der Waals surface area contributed by atoms with E-state index in [-0.39, 0.29) is 5.88 Å². The third-order valence-electron chi connectivity index (χ3n) is 2.75. The lowest BCUT2D eigenvalue weighted by atomic mass is 10.2. The van der Waals surface area contributed by atoms with Crippen LogP contribution < -0.4 is 5.32 Å². The zero-order valence-corrected chi connectivity index (χ0v) is 12.9. The maximum Gasteiger partial charge on any atom is 0.433 e. The molecule has 8 heteroatoms. The van der Waals surface area contributed by atoms with E-state index in [1.165, 1.54) is 17.4 Å². The molecule has 1 N–H and O–H groups in total. The molecule has 0 unspecified atom stereocenters. The summed E-state index contributed by atoms with van der Waals surface area (Å²) in [6.45, 7) is 6.30. The maximum atomic E-state index is 10.6. The molecule has 0 amide bonds. The lowest BCUT2D eigenvalue weighted by Gasteiger charge is -2.05. The Morgan fingerprint density at radius 3 is 2.90 bits per heavy atom. The number of rotatable bonds is 8. The van der Waals surface area contributed by atoms with Gasteiger partial charge in [0.05, 0.1) is 6.07 Å². The van der Waals surface area contributed by atoms with Crippen LogP contribution in [-0.4, -0.2) is 28.2 Å². The Morgan fingerprint density at radius 1 is 1.43 bits per heavy atom. The molecule has 2 aromatic rings. The second-order valence-electron chi connectivity index (χ2n) is 5.10. The Morgan fingerprint density at radius 2 is 2.24 bits per heavy atom. The monoisotopic (exact) mass is 310 g/mol. The van der Waals surface area contributed by atoms with Gasteiger partial charge in [0, 0.05) is 6.42 Å². The van der Waals surface area contributed by atoms with Crippen LogP contribution in [0.15, 0.2) is 16.5 Å². The molecule has 2 rings (SSSR count). The van der Waals surface area contributed by atoms with E-state index in [0.29, 0.717) is 16.7 Å². The summed E-state index contributed by atoms with van der Waals surface area (Å²) in [6, 6.07) is 2.87. The Bertz CT molecular complexity index is 594. The van der Waals surface area contributed by atoms with Gasteiger partial charge in [0.25, 0.3) is 0 Å². The van der Waals surface area contributed by atoms with E-state index in [1.807, 2.05) is 0 Å². The number of hydrogen-bond acceptors (Lipinski definition) is 7. The molecule has 0 atom stereocenters. The van der Waals surface area contributed by atoms with Crippen molar-refractivity contribution in [1.82, 2.24) is 15.5 Å². The third kappa shape index (κ3) is 4.61. The van der Waals surface area contributed by atoms with E-state index < -0.39 is 4.92 Å². The molecule has 0 saturated heterocycles. The molecule has 114 valence electrons. The van der Waals surface area contributed by atoms with E-state index in [4.69, 9.17) is 4.42 Å². The number of furan rings is 1. The van der Waals surface area contributed by atoms with Crippen molar-refractivity contribution in [3.05, 3.63) is 27.3 Å². The van der Waals surface area contributed by atoms with Gasteiger partial charge < -0.3 is 9.73 Å². The molecule has 21 heavy (non-hydrogen) atoms. The van der Waals surface area contributed by atoms with Crippen LogP contribution in [0.2, 0.25) is 0 Å². The van der Waals surface area contributed by atoms with Crippen molar-refractivity contribution in [3.63, 3.8) is 0 Å². The fourth-order valence-corrected chi connectivity index (χ4v) is 2.59. The molecule has 0 radical (unpaired) electrons. The van der Waals surface area contributed by atoms with Crippen LogP contribution in [0.25, 0.3) is 10.8 Å². The standard InChI is InChI=1S/C13H18N4O3S/c1-9(2)8-14-7-3-4-11-15-16-13(21-11)10-5-6-12(20-10)17(18)19/h5-6,9,14H,3-4,7-8H2,1-2H3. The molecule has 0 fully saturated rings. The normalized spacial score (nSPS) is 11.2. The first-order chi connectivity index (χ1) is 10.1. The smallest absolute Gasteiger partial charge is 0.398 e. The number of hydrogen-bond donors (Lipinski definition) is 1. The third-order valence-corrected chi connectivity index (χ3v) is 3.74. The second kappa shape index (κ2) is 7.28. The Kier molecular flexibility index (Phi) is 5.40. The first kappa shape index (κ1) is 15.6. The van der Waals surface area contributed by atoms with Crippen LogP contribution in [0, 0.1) is 16.0 Å². The predicted octanol–water partition coefficient (Wildman–Crippen LogP) is 2.88. The van der Waals surface area contributed by atoms with Gasteiger partial charge in [-0.05, 0) is 31.5 Å². The molecule has 0 saturated carbocycles. The largest absolute Gasteiger partial charge is 0.433 e. The molecule has 0 aliphatic rings. The highest BCUT2D eigenvalue weighted by Crippen LogP contribution is 2.28. The minimum absolute atomic E-state index is 0.278. The second-order valence-corrected chi connectivity index (χ2v) is 6.16. The zero-order chi connectivity index (χ0) is 15.2. The maximum absolute atomic E-state index is 10.6. The van der Waals surface area contributed by atoms with Crippen molar-refractivity contribution in [2.75, 3.05) is 13.1 Å². The summed E-state index contributed by atoms with van der Waals surface area (Å²) in [5, 5.41) is 23.5. The van der Waals surface area contributed by atoms with Gasteiger partial charge in [0.2, 0.25) is 0 Å². The molecule has 0 spiro atoms. The highest BCUT2D eigenvalue weighted by molar-refractivity contribution is 7.14. The van der Waals surface area contributed by atoms with Crippen LogP contribution >= 0.6 is 11.3 Å². The summed E-state index contributed by atoms with van der Waals surface area (Å²) in [5.74, 6) is 0.760. The number of aromatic nitrogens is 2. The average molecular weight is 310 g/mol. The van der Waals surface area contributed by atoms with E-state index in [9.17, 15) is 10.1 Å². The minimum atomic E-state index is -0.564. The summed E-state index contributed by atoms with van der Waals surface area (Å²) < 4.78 is 5.11. The fourth-order valence-electron chi connectivity index (χ4n) is 1.75. The average Bonchev–Trinajstić information content (AvgIpc) is 3.06. The lowest BCUT2D eigenvalue weighted by molar-refractivity contribution is -0.401. The van der Waals surface area contributed by atoms with Crippen LogP contribution in [0.1, 0.15) is 25.3 Å². The van der Waals surface area contributed by atoms with Crippen molar-refractivity contribution in [2.24, 2.45) is 5.92 Å². The van der Waals surface area contributed by atoms with Crippen molar-refractivity contribution >= 4 is 17.2 Å². The SMILES string of the molecule is CC(C)CNCCCc1nnc(-c2ccc([N+](=O)[O-])o2)s1. The highest BCUT2D eigenvalue weighted by Gasteiger charge is 2.16. The first-order valence-corrected chi connectivity index (χ1v) is 7.65. The number of aryl methyl sites for hydroxylation is 1. The fraction of sp³-hybridized carbons (Fsp3) is 0.538. The van der Waals surface area contributed by atoms with E-state index in [2.05, 4.69) is 29.4 Å². The molecule has 0 bridgehead atoms. The van der Waals surface area contributed by atoms with Gasteiger partial charge in [-0.1, -0.05) is 25.2 Å². The molecule has 0 aromatic carbocycles. The van der Waals surface area contributed by atoms with Crippen molar-refractivity contribution < 1.29 is 9.34 Å². The van der Waals surface area contributed by atoms with E-state index in [0.717, 1.165) is 30.9 Å². The summed E-state index contributed by atoms with van der Waals surface area (Å²) in [7, 11) is 0. The minimum Gasteiger partial charge on any atom is -0.398 e. The van der Waals surface area contributed by atoms with Gasteiger partial charge in [-0.3, -0.25) is 10.1 Å². The van der Waals surface area contributed by atoms with Crippen molar-refractivity contribution in [2.45, 2.75) is 26.7 Å². The topological polar surface area (TPSA) is 94.1 Å². The molecule has 0 aliphatic carbocycles. The summed E-state index contributed by atoms with van der Waals surface area (Å²) in [6.07, 6.45) is 1.82. The zero-order valence-electron chi connectivity index (χ0n) is 12.0. The van der Waals surface area contributed by atoms with Gasteiger partial charge in [-0.2, -0.15) is 0 Å². The number of nitrogens with zero attached hydrogens (tertiary/aromatic N) is 3. The van der Waals surface area contributed by atoms with Gasteiger partial charge in [0.15, 0.2) is 10.8 Å². The number of nitro groups is 1.